The summed E-state index contributed by atoms with van der Waals surface area (Å²) in [6, 6.07) is 73.0. The average molecular weight is 1040 g/mol. The maximum absolute atomic E-state index is 9.87. The third-order valence-corrected chi connectivity index (χ3v) is 14.4. The van der Waals surface area contributed by atoms with Gasteiger partial charge in [-0.1, -0.05) is 189 Å². The second-order valence-corrected chi connectivity index (χ2v) is 18.2. The van der Waals surface area contributed by atoms with Crippen LogP contribution in [-0.4, -0.2) is 22.3 Å². The zero-order chi connectivity index (χ0) is 46.3. The summed E-state index contributed by atoms with van der Waals surface area (Å²) < 4.78 is 14.5. The maximum Gasteiger partial charge on any atom is 0.492 e. The fourth-order valence-corrected chi connectivity index (χ4v) is 9.99. The molecule has 0 aromatic heterocycles. The van der Waals surface area contributed by atoms with Crippen LogP contribution in [0.25, 0.3) is 86.9 Å². The lowest BCUT2D eigenvalue weighted by molar-refractivity contribution is 0.421. The van der Waals surface area contributed by atoms with Gasteiger partial charge >= 0.3 is 7.12 Å². The Kier molecular flexibility index (Phi) is 12.7. The first-order valence-corrected chi connectivity index (χ1v) is 23.7. The molecule has 3 N–H and O–H groups in total. The van der Waals surface area contributed by atoms with Crippen molar-refractivity contribution in [2.24, 2.45) is 0 Å². The van der Waals surface area contributed by atoms with Crippen LogP contribution in [0.4, 0.5) is 0 Å². The molecule has 0 bridgehead atoms. The van der Waals surface area contributed by atoms with Crippen LogP contribution in [0.15, 0.2) is 227 Å². The van der Waals surface area contributed by atoms with Crippen molar-refractivity contribution in [2.45, 2.75) is 7.43 Å². The minimum atomic E-state index is -1.57. The van der Waals surface area contributed by atoms with Crippen molar-refractivity contribution < 1.29 is 33.2 Å². The lowest BCUT2D eigenvalue weighted by Crippen LogP contribution is -2.31. The molecule has 12 aromatic rings. The summed E-state index contributed by atoms with van der Waals surface area (Å²) in [5, 5.41) is 43.0. The van der Waals surface area contributed by atoms with Crippen molar-refractivity contribution in [3.8, 4) is 51.0 Å². The summed E-state index contributed by atoms with van der Waals surface area (Å²) in [6.45, 7) is 0. The molecule has 8 heteroatoms. The van der Waals surface area contributed by atoms with E-state index in [-0.39, 0.29) is 16.0 Å². The lowest BCUT2D eigenvalue weighted by atomic mass is 9.77. The van der Waals surface area contributed by atoms with Gasteiger partial charge in [0.25, 0.3) is 0 Å². The van der Waals surface area contributed by atoms with E-state index < -0.39 is 7.12 Å². The highest BCUT2D eigenvalue weighted by Crippen LogP contribution is 2.49. The molecule has 0 saturated heterocycles. The van der Waals surface area contributed by atoms with Gasteiger partial charge in [0.05, 0.1) is 0 Å². The molecule has 2 heterocycles. The fraction of sp³-hybridized carbons (Fsp3) is 0.0164. The highest BCUT2D eigenvalue weighted by atomic mass is 79.9. The van der Waals surface area contributed by atoms with Gasteiger partial charge in [-0.3, -0.25) is 0 Å². The molecule has 14 rings (SSSR count). The number of fused-ring (bicyclic) bond motifs is 11. The standard InChI is InChI=1S/C20H13BO3.C20H12O.C14H10O.C6H4Br2.CH4.6H2/c22-21(23)17-10-4-9-16-15-8-3-7-14-13-6-2-1-5-12(13)11-18(19(14)15)24-20(16)17;1-2-7-14-13(6-1)12-19-20-16(14)9-5-10-17(20)15-8-3-4-11-18(15)21-19;15-14-9-10-5-1-2-6-11(10)12-7-3-4-8-13(12)14;7-5-3-1-2-4-6(5)8;;;;;;;/h1-11,22-23H;1-12H;1-9,15H;1-4H;1H4;6*1H. The summed E-state index contributed by atoms with van der Waals surface area (Å²) in [7, 11) is -1.57. The maximum atomic E-state index is 9.87. The Morgan fingerprint density at radius 3 is 1.35 bits per heavy atom. The first kappa shape index (κ1) is 45.3. The number of ether oxygens (including phenoxy) is 2. The zero-order valence-corrected chi connectivity index (χ0v) is 39.4. The highest BCUT2D eigenvalue weighted by Gasteiger charge is 2.27. The number of halogens is 2. The molecule has 0 fully saturated rings. The monoisotopic (exact) mass is 1040 g/mol. The molecule has 0 atom stereocenters. The molecule has 2 aliphatic rings. The van der Waals surface area contributed by atoms with Crippen molar-refractivity contribution >= 4 is 109 Å². The highest BCUT2D eigenvalue weighted by molar-refractivity contribution is 9.13. The van der Waals surface area contributed by atoms with E-state index in [2.05, 4.69) is 123 Å². The predicted molar refractivity (Wildman–Crippen MR) is 308 cm³/mol. The SMILES string of the molecule is Brc1ccccc1Br.C.OB(O)c1cccc2c1Oc1cc3ccccc3c3cccc-2c13.Oc1cc2ccccc2c2ccccc12.[HH].[HH].[HH].[HH].[HH].[HH].c1ccc2c(c1)Oc1cc3ccccc3c3cccc-2c13. The number of phenolic OH excluding ortho intramolecular Hbond substituents is 1. The van der Waals surface area contributed by atoms with Crippen LogP contribution in [0.5, 0.6) is 28.7 Å². The second-order valence-electron chi connectivity index (χ2n) is 16.5. The Balaban J connectivity index is 0.000000221. The lowest BCUT2D eigenvalue weighted by Gasteiger charge is -2.24. The number of aromatic hydroxyl groups is 1. The summed E-state index contributed by atoms with van der Waals surface area (Å²) >= 11 is 6.70. The van der Waals surface area contributed by atoms with Crippen LogP contribution in [0.3, 0.4) is 0 Å². The Hall–Kier alpha value is -7.46. The van der Waals surface area contributed by atoms with E-state index in [0.717, 1.165) is 69.6 Å². The molecule has 12 aromatic carbocycles. The van der Waals surface area contributed by atoms with Gasteiger partial charge < -0.3 is 24.6 Å². The van der Waals surface area contributed by atoms with E-state index >= 15 is 0 Å². The molecular formula is C61H55BBr2O5. The van der Waals surface area contributed by atoms with Crippen molar-refractivity contribution in [3.05, 3.63) is 227 Å². The number of hydrogen-bond acceptors (Lipinski definition) is 5. The summed E-state index contributed by atoms with van der Waals surface area (Å²) in [6.07, 6.45) is 0. The van der Waals surface area contributed by atoms with Gasteiger partial charge in [0, 0.05) is 50.3 Å². The van der Waals surface area contributed by atoms with Crippen LogP contribution in [-0.2, 0) is 0 Å². The van der Waals surface area contributed by atoms with Gasteiger partial charge in [-0.25, -0.2) is 0 Å². The van der Waals surface area contributed by atoms with E-state index in [9.17, 15) is 15.2 Å². The largest absolute Gasteiger partial charge is 0.507 e. The molecular weight excluding hydrogens is 983 g/mol. The van der Waals surface area contributed by atoms with Crippen LogP contribution in [0, 0.1) is 0 Å². The zero-order valence-electron chi connectivity index (χ0n) is 36.3. The van der Waals surface area contributed by atoms with Crippen LogP contribution in [0.2, 0.25) is 0 Å². The van der Waals surface area contributed by atoms with E-state index in [1.807, 2.05) is 121 Å². The Morgan fingerprint density at radius 2 is 0.768 bits per heavy atom. The molecule has 5 nitrogen and oxygen atoms in total. The van der Waals surface area contributed by atoms with Crippen LogP contribution >= 0.6 is 31.9 Å². The smallest absolute Gasteiger partial charge is 0.492 e. The number of hydrogen-bond donors (Lipinski definition) is 3. The quantitative estimate of drug-likeness (QED) is 0.113. The van der Waals surface area contributed by atoms with Gasteiger partial charge in [-0.2, -0.15) is 0 Å². The number of rotatable bonds is 1. The van der Waals surface area contributed by atoms with Gasteiger partial charge in [0.15, 0.2) is 0 Å². The van der Waals surface area contributed by atoms with E-state index in [4.69, 9.17) is 9.47 Å². The van der Waals surface area contributed by atoms with E-state index in [0.29, 0.717) is 17.0 Å². The average Bonchev–Trinajstić information content (AvgIpc) is 3.38. The van der Waals surface area contributed by atoms with Gasteiger partial charge in [-0.05, 0) is 128 Å². The summed E-state index contributed by atoms with van der Waals surface area (Å²) in [5.41, 5.74) is 4.75. The summed E-state index contributed by atoms with van der Waals surface area (Å²) in [5.74, 6) is 3.51. The first-order valence-electron chi connectivity index (χ1n) is 22.2. The molecule has 346 valence electrons. The van der Waals surface area contributed by atoms with Crippen molar-refractivity contribution in [3.63, 3.8) is 0 Å². The second kappa shape index (κ2) is 19.3. The van der Waals surface area contributed by atoms with Gasteiger partial charge in [-0.15, -0.1) is 0 Å². The minimum Gasteiger partial charge on any atom is -0.507 e. The van der Waals surface area contributed by atoms with E-state index in [1.165, 1.54) is 43.4 Å². The number of benzene rings is 12. The Bertz CT molecular complexity index is 3920. The predicted octanol–water partition coefficient (Wildman–Crippen LogP) is 18.2. The van der Waals surface area contributed by atoms with Crippen molar-refractivity contribution in [1.29, 1.82) is 0 Å². The van der Waals surface area contributed by atoms with Crippen LogP contribution < -0.4 is 14.9 Å². The van der Waals surface area contributed by atoms with E-state index in [1.54, 1.807) is 6.07 Å². The normalized spacial score (nSPS) is 11.4. The van der Waals surface area contributed by atoms with Gasteiger partial charge in [0.1, 0.15) is 28.7 Å². The Labute approximate surface area is 425 Å². The number of phenols is 1. The van der Waals surface area contributed by atoms with Gasteiger partial charge in [0.2, 0.25) is 0 Å². The molecule has 0 amide bonds. The molecule has 2 aliphatic heterocycles. The molecule has 0 aliphatic carbocycles. The molecule has 0 saturated carbocycles. The Morgan fingerprint density at radius 1 is 0.362 bits per heavy atom. The molecule has 69 heavy (non-hydrogen) atoms. The van der Waals surface area contributed by atoms with Crippen molar-refractivity contribution in [1.82, 2.24) is 0 Å². The van der Waals surface area contributed by atoms with Crippen LogP contribution in [0.1, 0.15) is 16.0 Å². The topological polar surface area (TPSA) is 79.2 Å². The molecule has 0 radical (unpaired) electrons. The third-order valence-electron chi connectivity index (χ3n) is 12.5. The number of para-hydroxylation sites is 2. The fourth-order valence-electron chi connectivity index (χ4n) is 9.42. The summed E-state index contributed by atoms with van der Waals surface area (Å²) in [4.78, 5) is 0. The first-order chi connectivity index (χ1) is 33.3. The third kappa shape index (κ3) is 8.47. The molecule has 0 unspecified atom stereocenters. The van der Waals surface area contributed by atoms with Crippen molar-refractivity contribution in [2.75, 3.05) is 0 Å². The molecule has 0 spiro atoms. The minimum absolute atomic E-state index is 0.